The molecule has 0 unspecified atom stereocenters. The van der Waals surface area contributed by atoms with Crippen LogP contribution >= 0.6 is 0 Å². The van der Waals surface area contributed by atoms with Gasteiger partial charge in [0.2, 0.25) is 0 Å². The zero-order chi connectivity index (χ0) is 33.9. The number of aromatic nitrogens is 2. The average molecular weight is 723 g/mol. The monoisotopic (exact) mass is 722 g/mol. The van der Waals surface area contributed by atoms with Gasteiger partial charge in [-0.05, 0) is 40.5 Å². The molecule has 0 aliphatic heterocycles. The van der Waals surface area contributed by atoms with Crippen molar-refractivity contribution in [1.29, 1.82) is 0 Å². The number of nitrogens with zero attached hydrogens (tertiary/aromatic N) is 2. The van der Waals surface area contributed by atoms with Gasteiger partial charge in [0.1, 0.15) is 0 Å². The summed E-state index contributed by atoms with van der Waals surface area (Å²) in [5, 5.41) is 33.8. The number of hydrogen-bond donors (Lipinski definition) is 0. The smallest absolute Gasteiger partial charge is 0.872 e. The van der Waals surface area contributed by atoms with Gasteiger partial charge >= 0.3 is 154 Å². The van der Waals surface area contributed by atoms with Crippen molar-refractivity contribution in [3.8, 4) is 17.2 Å². The van der Waals surface area contributed by atoms with Crippen LogP contribution in [-0.2, 0) is 16.2 Å². The maximum atomic E-state index is 11.3. The molecule has 0 N–H and O–H groups in total. The van der Waals surface area contributed by atoms with E-state index >= 15 is 0 Å². The van der Waals surface area contributed by atoms with Crippen molar-refractivity contribution in [2.75, 3.05) is 0 Å². The van der Waals surface area contributed by atoms with Crippen LogP contribution < -0.4 is 169 Å². The molecule has 0 saturated heterocycles. The van der Waals surface area contributed by atoms with Gasteiger partial charge in [0.15, 0.2) is 0 Å². The van der Waals surface area contributed by atoms with Gasteiger partial charge in [-0.1, -0.05) is 164 Å². The number of para-hydroxylation sites is 3. The standard InChI is InChI=1S/3C10H14O.2C5H5N.3K/c3*1-10(2,3)8-6-4-5-7-9(8)11;2*1-2-4-6-5-3-1;;;/h3*4-7,11H,1-3H3;2*1-5H;;;/q;;;;;3*+1/p-3. The van der Waals surface area contributed by atoms with Crippen LogP contribution in [0.1, 0.15) is 79.0 Å². The Morgan fingerprint density at radius 2 is 0.542 bits per heavy atom. The molecule has 0 saturated carbocycles. The van der Waals surface area contributed by atoms with Crippen molar-refractivity contribution in [3.05, 3.63) is 151 Å². The Bertz CT molecular complexity index is 1270. The zero-order valence-electron chi connectivity index (χ0n) is 31.3. The van der Waals surface area contributed by atoms with Gasteiger partial charge in [0.05, 0.1) is 0 Å². The summed E-state index contributed by atoms with van der Waals surface area (Å²) in [6, 6.07) is 33.0. The van der Waals surface area contributed by atoms with Crippen LogP contribution in [0, 0.1) is 0 Å². The molecule has 0 aliphatic rings. The van der Waals surface area contributed by atoms with E-state index in [0.717, 1.165) is 16.7 Å². The summed E-state index contributed by atoms with van der Waals surface area (Å²) < 4.78 is 0. The van der Waals surface area contributed by atoms with Crippen LogP contribution in [0.5, 0.6) is 17.2 Å². The zero-order valence-corrected chi connectivity index (χ0v) is 40.7. The Morgan fingerprint density at radius 1 is 0.333 bits per heavy atom. The Kier molecular flexibility index (Phi) is 30.5. The molecular weight excluding hydrogens is 674 g/mol. The number of pyridine rings is 2. The molecular formula is C40H49K3N2O3. The minimum Gasteiger partial charge on any atom is -0.872 e. The quantitative estimate of drug-likeness (QED) is 0.198. The molecule has 0 radical (unpaired) electrons. The summed E-state index contributed by atoms with van der Waals surface area (Å²) in [7, 11) is 0. The van der Waals surface area contributed by atoms with Gasteiger partial charge in [0.25, 0.3) is 0 Å². The summed E-state index contributed by atoms with van der Waals surface area (Å²) in [6.07, 6.45) is 7.00. The summed E-state index contributed by atoms with van der Waals surface area (Å²) in [5.41, 5.74) is 2.58. The molecule has 5 aromatic rings. The second kappa shape index (κ2) is 27.9. The molecule has 48 heavy (non-hydrogen) atoms. The third-order valence-electron chi connectivity index (χ3n) is 6.22. The van der Waals surface area contributed by atoms with Crippen molar-refractivity contribution >= 4 is 0 Å². The molecule has 0 spiro atoms. The van der Waals surface area contributed by atoms with E-state index in [1.54, 1.807) is 61.2 Å². The Hall–Kier alpha value is 0.269. The minimum absolute atomic E-state index is 0. The third kappa shape index (κ3) is 23.7. The first-order valence-electron chi connectivity index (χ1n) is 15.0. The van der Waals surface area contributed by atoms with Crippen molar-refractivity contribution in [2.45, 2.75) is 78.6 Å². The first kappa shape index (κ1) is 52.6. The van der Waals surface area contributed by atoms with E-state index in [0.29, 0.717) is 0 Å². The van der Waals surface area contributed by atoms with Crippen LogP contribution in [0.3, 0.4) is 0 Å². The molecule has 0 bridgehead atoms. The normalized spacial score (nSPS) is 9.94. The fourth-order valence-corrected chi connectivity index (χ4v) is 3.88. The van der Waals surface area contributed by atoms with Crippen LogP contribution in [-0.4, -0.2) is 9.97 Å². The van der Waals surface area contributed by atoms with E-state index in [-0.39, 0.29) is 188 Å². The Balaban J connectivity index is -0.000000530. The summed E-state index contributed by atoms with van der Waals surface area (Å²) in [4.78, 5) is 7.57. The van der Waals surface area contributed by atoms with Gasteiger partial charge in [-0.25, -0.2) is 0 Å². The van der Waals surface area contributed by atoms with Gasteiger partial charge in [-0.3, -0.25) is 9.97 Å². The first-order chi connectivity index (χ1) is 21.0. The summed E-state index contributed by atoms with van der Waals surface area (Å²) >= 11 is 0. The largest absolute Gasteiger partial charge is 1.00 e. The van der Waals surface area contributed by atoms with Crippen molar-refractivity contribution < 1.29 is 169 Å². The second-order valence-electron chi connectivity index (χ2n) is 13.3. The van der Waals surface area contributed by atoms with Crippen LogP contribution in [0.2, 0.25) is 0 Å². The Morgan fingerprint density at radius 3 is 0.646 bits per heavy atom. The Labute approximate surface area is 418 Å². The van der Waals surface area contributed by atoms with Gasteiger partial charge in [-0.15, -0.1) is 17.2 Å². The predicted molar refractivity (Wildman–Crippen MR) is 182 cm³/mol. The van der Waals surface area contributed by atoms with E-state index in [4.69, 9.17) is 0 Å². The van der Waals surface area contributed by atoms with E-state index < -0.39 is 0 Å². The SMILES string of the molecule is CC(C)(C)c1ccccc1[O-].CC(C)(C)c1ccccc1[O-].CC(C)(C)c1ccccc1[O-].[K+].[K+].[K+].c1ccncc1.c1ccncc1. The molecule has 8 heteroatoms. The molecule has 5 rings (SSSR count). The maximum Gasteiger partial charge on any atom is 1.00 e. The average Bonchev–Trinajstić information content (AvgIpc) is 2.99. The van der Waals surface area contributed by atoms with Crippen LogP contribution in [0.4, 0.5) is 0 Å². The molecule has 0 fully saturated rings. The first-order valence-corrected chi connectivity index (χ1v) is 15.0. The number of hydrogen-bond acceptors (Lipinski definition) is 5. The molecule has 0 atom stereocenters. The summed E-state index contributed by atoms with van der Waals surface area (Å²) in [5.74, 6) is 0.417. The van der Waals surface area contributed by atoms with E-state index in [9.17, 15) is 15.3 Å². The molecule has 0 aliphatic carbocycles. The number of rotatable bonds is 0. The van der Waals surface area contributed by atoms with Gasteiger partial charge in [0, 0.05) is 24.8 Å². The predicted octanol–water partition coefficient (Wildman–Crippen LogP) is -0.652. The van der Waals surface area contributed by atoms with Crippen molar-refractivity contribution in [3.63, 3.8) is 0 Å². The molecule has 240 valence electrons. The maximum absolute atomic E-state index is 11.3. The molecule has 2 aromatic heterocycles. The third-order valence-corrected chi connectivity index (χ3v) is 6.22. The fourth-order valence-electron chi connectivity index (χ4n) is 3.88. The van der Waals surface area contributed by atoms with Crippen LogP contribution in [0.25, 0.3) is 0 Å². The molecule has 3 aromatic carbocycles. The topological polar surface area (TPSA) is 95.0 Å². The fraction of sp³-hybridized carbons (Fsp3) is 0.300. The van der Waals surface area contributed by atoms with Crippen molar-refractivity contribution in [1.82, 2.24) is 9.97 Å². The summed E-state index contributed by atoms with van der Waals surface area (Å²) in [6.45, 7) is 18.4. The van der Waals surface area contributed by atoms with E-state index in [1.807, 2.05) is 135 Å². The van der Waals surface area contributed by atoms with Crippen molar-refractivity contribution in [2.24, 2.45) is 0 Å². The van der Waals surface area contributed by atoms with Gasteiger partial charge < -0.3 is 15.3 Å². The van der Waals surface area contributed by atoms with Gasteiger partial charge in [-0.2, -0.15) is 0 Å². The molecule has 5 nitrogen and oxygen atoms in total. The second-order valence-corrected chi connectivity index (χ2v) is 13.3. The van der Waals surface area contributed by atoms with E-state index in [1.165, 1.54) is 0 Å². The minimum atomic E-state index is -0.0294. The number of benzene rings is 3. The molecule has 2 heterocycles. The molecule has 0 amide bonds. The van der Waals surface area contributed by atoms with E-state index in [2.05, 4.69) is 9.97 Å². The van der Waals surface area contributed by atoms with Crippen LogP contribution in [0.15, 0.2) is 134 Å².